The Morgan fingerprint density at radius 3 is 2.64 bits per heavy atom. The molecule has 6 nitrogen and oxygen atoms in total. The molecule has 0 aromatic carbocycles. The quantitative estimate of drug-likeness (QED) is 0.816. The Balaban J connectivity index is 1.65. The number of carbonyl (C=O) groups excluding carboxylic acids is 2. The first kappa shape index (κ1) is 17.7. The predicted octanol–water partition coefficient (Wildman–Crippen LogP) is 1.64. The molecule has 3 rings (SSSR count). The van der Waals surface area contributed by atoms with Crippen molar-refractivity contribution < 1.29 is 9.59 Å². The van der Waals surface area contributed by atoms with Crippen LogP contribution in [0.1, 0.15) is 49.4 Å². The molecule has 0 aliphatic heterocycles. The van der Waals surface area contributed by atoms with Crippen LogP contribution in [0.3, 0.4) is 0 Å². The summed E-state index contributed by atoms with van der Waals surface area (Å²) in [5, 5.41) is 2.88. The van der Waals surface area contributed by atoms with Gasteiger partial charge >= 0.3 is 0 Å². The van der Waals surface area contributed by atoms with Gasteiger partial charge in [0.05, 0.1) is 0 Å². The standard InChI is InChI=1S/C19H27N3O3/c1-13(15-8-9-15)21(2)18(24)16-7-4-10-22(19(16)25)12-17(23)20-11-14-5-3-6-14/h4,7,10,13-15H,3,5-6,8-9,11-12H2,1-2H3,(H,20,23). The highest BCUT2D eigenvalue weighted by Gasteiger charge is 2.33. The molecule has 0 spiro atoms. The zero-order valence-corrected chi connectivity index (χ0v) is 15.0. The number of rotatable bonds is 7. The highest BCUT2D eigenvalue weighted by molar-refractivity contribution is 5.94. The van der Waals surface area contributed by atoms with Crippen molar-refractivity contribution in [1.82, 2.24) is 14.8 Å². The molecule has 1 unspecified atom stereocenters. The second-order valence-electron chi connectivity index (χ2n) is 7.45. The van der Waals surface area contributed by atoms with Crippen LogP contribution in [0.4, 0.5) is 0 Å². The second kappa shape index (κ2) is 7.42. The van der Waals surface area contributed by atoms with Gasteiger partial charge in [-0.1, -0.05) is 6.42 Å². The van der Waals surface area contributed by atoms with Gasteiger partial charge in [-0.25, -0.2) is 0 Å². The number of nitrogens with one attached hydrogen (secondary N) is 1. The smallest absolute Gasteiger partial charge is 0.263 e. The molecule has 1 aromatic rings. The Morgan fingerprint density at radius 2 is 2.04 bits per heavy atom. The number of aromatic nitrogens is 1. The van der Waals surface area contributed by atoms with Crippen LogP contribution in [0.2, 0.25) is 0 Å². The highest BCUT2D eigenvalue weighted by atomic mass is 16.2. The molecule has 0 radical (unpaired) electrons. The van der Waals surface area contributed by atoms with Crippen molar-refractivity contribution in [3.05, 3.63) is 34.2 Å². The van der Waals surface area contributed by atoms with E-state index in [1.807, 2.05) is 6.92 Å². The first-order valence-corrected chi connectivity index (χ1v) is 9.20. The molecule has 136 valence electrons. The van der Waals surface area contributed by atoms with Gasteiger partial charge in [-0.15, -0.1) is 0 Å². The van der Waals surface area contributed by atoms with Crippen LogP contribution >= 0.6 is 0 Å². The molecule has 0 bridgehead atoms. The largest absolute Gasteiger partial charge is 0.354 e. The van der Waals surface area contributed by atoms with Crippen molar-refractivity contribution in [2.75, 3.05) is 13.6 Å². The predicted molar refractivity (Wildman–Crippen MR) is 95.3 cm³/mol. The Hall–Kier alpha value is -2.11. The molecule has 1 atom stereocenters. The van der Waals surface area contributed by atoms with Gasteiger partial charge in [-0.05, 0) is 56.6 Å². The monoisotopic (exact) mass is 345 g/mol. The third-order valence-corrected chi connectivity index (χ3v) is 5.61. The number of pyridine rings is 1. The number of hydrogen-bond donors (Lipinski definition) is 1. The molecule has 2 aliphatic rings. The number of nitrogens with zero attached hydrogens (tertiary/aromatic N) is 2. The van der Waals surface area contributed by atoms with Crippen LogP contribution in [-0.4, -0.2) is 40.9 Å². The fraction of sp³-hybridized carbons (Fsp3) is 0.632. The molecule has 2 aliphatic carbocycles. The topological polar surface area (TPSA) is 71.4 Å². The Bertz CT molecular complexity index is 704. The van der Waals surface area contributed by atoms with Crippen LogP contribution in [0.25, 0.3) is 0 Å². The fourth-order valence-corrected chi connectivity index (χ4v) is 3.26. The summed E-state index contributed by atoms with van der Waals surface area (Å²) in [5.41, 5.74) is -0.273. The minimum Gasteiger partial charge on any atom is -0.354 e. The van der Waals surface area contributed by atoms with Crippen LogP contribution in [-0.2, 0) is 11.3 Å². The van der Waals surface area contributed by atoms with E-state index < -0.39 is 5.56 Å². The lowest BCUT2D eigenvalue weighted by Gasteiger charge is -2.25. The van der Waals surface area contributed by atoms with E-state index in [-0.39, 0.29) is 30.0 Å². The zero-order chi connectivity index (χ0) is 18.0. The van der Waals surface area contributed by atoms with Crippen molar-refractivity contribution in [1.29, 1.82) is 0 Å². The summed E-state index contributed by atoms with van der Waals surface area (Å²) in [5.74, 6) is 0.662. The first-order chi connectivity index (χ1) is 12.0. The van der Waals surface area contributed by atoms with E-state index in [1.54, 1.807) is 30.3 Å². The maximum atomic E-state index is 12.7. The minimum atomic E-state index is -0.402. The van der Waals surface area contributed by atoms with Gasteiger partial charge in [0.25, 0.3) is 11.5 Å². The second-order valence-corrected chi connectivity index (χ2v) is 7.45. The molecule has 2 amide bonds. The van der Waals surface area contributed by atoms with Crippen molar-refractivity contribution in [2.45, 2.75) is 51.6 Å². The van der Waals surface area contributed by atoms with E-state index in [1.165, 1.54) is 11.0 Å². The van der Waals surface area contributed by atoms with Gasteiger partial charge in [0, 0.05) is 25.8 Å². The minimum absolute atomic E-state index is 0.0471. The van der Waals surface area contributed by atoms with Crippen molar-refractivity contribution >= 4 is 11.8 Å². The van der Waals surface area contributed by atoms with E-state index in [4.69, 9.17) is 0 Å². The summed E-state index contributed by atoms with van der Waals surface area (Å²) < 4.78 is 1.32. The normalized spacial score (nSPS) is 18.3. The first-order valence-electron chi connectivity index (χ1n) is 9.20. The molecule has 2 saturated carbocycles. The molecular weight excluding hydrogens is 318 g/mol. The Labute approximate surface area is 148 Å². The van der Waals surface area contributed by atoms with E-state index in [9.17, 15) is 14.4 Å². The van der Waals surface area contributed by atoms with Crippen LogP contribution < -0.4 is 10.9 Å². The lowest BCUT2D eigenvalue weighted by molar-refractivity contribution is -0.122. The average Bonchev–Trinajstić information content (AvgIpc) is 3.38. The molecule has 1 aromatic heterocycles. The van der Waals surface area contributed by atoms with Gasteiger partial charge in [0.1, 0.15) is 12.1 Å². The molecule has 1 heterocycles. The van der Waals surface area contributed by atoms with Gasteiger partial charge in [0.2, 0.25) is 5.91 Å². The molecule has 2 fully saturated rings. The van der Waals surface area contributed by atoms with Crippen molar-refractivity contribution in [3.63, 3.8) is 0 Å². The van der Waals surface area contributed by atoms with Gasteiger partial charge in [-0.2, -0.15) is 0 Å². The van der Waals surface area contributed by atoms with Crippen molar-refractivity contribution in [3.8, 4) is 0 Å². The fourth-order valence-electron chi connectivity index (χ4n) is 3.26. The van der Waals surface area contributed by atoms with Crippen LogP contribution in [0, 0.1) is 11.8 Å². The molecule has 0 saturated heterocycles. The third-order valence-electron chi connectivity index (χ3n) is 5.61. The van der Waals surface area contributed by atoms with Gasteiger partial charge < -0.3 is 14.8 Å². The average molecular weight is 345 g/mol. The number of amides is 2. The third kappa shape index (κ3) is 4.11. The van der Waals surface area contributed by atoms with E-state index in [0.717, 1.165) is 25.7 Å². The summed E-state index contributed by atoms with van der Waals surface area (Å²) >= 11 is 0. The molecular formula is C19H27N3O3. The lowest BCUT2D eigenvalue weighted by Crippen LogP contribution is -2.41. The van der Waals surface area contributed by atoms with Gasteiger partial charge in [-0.3, -0.25) is 14.4 Å². The SMILES string of the molecule is CC(C1CC1)N(C)C(=O)c1cccn(CC(=O)NCC2CCC2)c1=O. The number of hydrogen-bond acceptors (Lipinski definition) is 3. The zero-order valence-electron chi connectivity index (χ0n) is 15.0. The molecule has 1 N–H and O–H groups in total. The van der Waals surface area contributed by atoms with E-state index in [0.29, 0.717) is 18.4 Å². The van der Waals surface area contributed by atoms with E-state index >= 15 is 0 Å². The van der Waals surface area contributed by atoms with E-state index in [2.05, 4.69) is 5.32 Å². The Morgan fingerprint density at radius 1 is 1.32 bits per heavy atom. The Kier molecular flexibility index (Phi) is 5.25. The maximum Gasteiger partial charge on any atom is 0.263 e. The summed E-state index contributed by atoms with van der Waals surface area (Å²) in [4.78, 5) is 39.0. The summed E-state index contributed by atoms with van der Waals surface area (Å²) in [7, 11) is 1.74. The summed E-state index contributed by atoms with van der Waals surface area (Å²) in [6, 6.07) is 3.33. The van der Waals surface area contributed by atoms with Crippen LogP contribution in [0.15, 0.2) is 23.1 Å². The molecule has 6 heteroatoms. The lowest BCUT2D eigenvalue weighted by atomic mass is 9.85. The number of carbonyl (C=O) groups is 2. The maximum absolute atomic E-state index is 12.7. The molecule has 25 heavy (non-hydrogen) atoms. The van der Waals surface area contributed by atoms with Crippen molar-refractivity contribution in [2.24, 2.45) is 11.8 Å². The van der Waals surface area contributed by atoms with Gasteiger partial charge in [0.15, 0.2) is 0 Å². The highest BCUT2D eigenvalue weighted by Crippen LogP contribution is 2.34. The summed E-state index contributed by atoms with van der Waals surface area (Å²) in [6.07, 6.45) is 7.40. The summed E-state index contributed by atoms with van der Waals surface area (Å²) in [6.45, 7) is 2.65. The van der Waals surface area contributed by atoms with Crippen LogP contribution in [0.5, 0.6) is 0 Å².